The van der Waals surface area contributed by atoms with E-state index in [1.807, 2.05) is 0 Å². The third-order valence-electron chi connectivity index (χ3n) is 5.19. The fourth-order valence-corrected chi connectivity index (χ4v) is 10.7. The molecule has 0 saturated heterocycles. The molecule has 0 saturated carbocycles. The third-order valence-corrected chi connectivity index (χ3v) is 12.9. The number of unbranched alkanes of at least 4 members (excludes halogenated alkanes) is 5. The van der Waals surface area contributed by atoms with Crippen LogP contribution in [0.3, 0.4) is 0 Å². The monoisotopic (exact) mass is 274 g/mol. The fraction of sp³-hybridized carbons (Fsp3) is 1.00. The molecular formula is C17H39P. The van der Waals surface area contributed by atoms with Crippen LogP contribution >= 0.6 is 7.26 Å². The van der Waals surface area contributed by atoms with Gasteiger partial charge in [0.05, 0.1) is 0 Å². The van der Waals surface area contributed by atoms with Gasteiger partial charge in [0.25, 0.3) is 0 Å². The molecule has 0 fully saturated rings. The van der Waals surface area contributed by atoms with Gasteiger partial charge < -0.3 is 0 Å². The first-order chi connectivity index (χ1) is 8.39. The summed E-state index contributed by atoms with van der Waals surface area (Å²) in [6.45, 7) is 17.2. The van der Waals surface area contributed by atoms with E-state index in [-0.39, 0.29) is 0 Å². The van der Waals surface area contributed by atoms with Crippen molar-refractivity contribution >= 4 is 7.26 Å². The van der Waals surface area contributed by atoms with E-state index >= 15 is 0 Å². The minimum absolute atomic E-state index is 0.938. The van der Waals surface area contributed by atoms with Crippen molar-refractivity contribution in [1.82, 2.24) is 0 Å². The van der Waals surface area contributed by atoms with E-state index in [2.05, 4.69) is 48.5 Å². The average molecular weight is 274 g/mol. The summed E-state index contributed by atoms with van der Waals surface area (Å²) in [6.07, 6.45) is 10.2. The standard InChI is InChI=1S/C17H39P/c1-8-9-10-11-12-13-14-18(15(2)3,16(4)5)17(6)7/h15-18H,8-14H2,1-7H3. The van der Waals surface area contributed by atoms with Gasteiger partial charge in [0.15, 0.2) is 0 Å². The van der Waals surface area contributed by atoms with Gasteiger partial charge in [-0.05, 0) is 0 Å². The van der Waals surface area contributed by atoms with Crippen molar-refractivity contribution in [2.75, 3.05) is 6.16 Å². The number of hydrogen-bond donors (Lipinski definition) is 0. The first-order valence-electron chi connectivity index (χ1n) is 8.39. The Labute approximate surface area is 118 Å². The molecule has 0 bridgehead atoms. The van der Waals surface area contributed by atoms with Gasteiger partial charge in [-0.25, -0.2) is 0 Å². The van der Waals surface area contributed by atoms with Crippen LogP contribution in [0, 0.1) is 0 Å². The van der Waals surface area contributed by atoms with Crippen molar-refractivity contribution in [2.45, 2.75) is 104 Å². The van der Waals surface area contributed by atoms with Crippen LogP contribution in [-0.4, -0.2) is 23.1 Å². The summed E-state index contributed by atoms with van der Waals surface area (Å²) in [5, 5.41) is 0. The molecule has 0 aromatic heterocycles. The Morgan fingerprint density at radius 1 is 0.611 bits per heavy atom. The SMILES string of the molecule is CCCCCCCC[PH](C(C)C)(C(C)C)C(C)C. The zero-order chi connectivity index (χ0) is 14.2. The molecule has 0 amide bonds. The summed E-state index contributed by atoms with van der Waals surface area (Å²) in [6, 6.07) is 0. The molecule has 112 valence electrons. The molecule has 0 aliphatic rings. The summed E-state index contributed by atoms with van der Waals surface area (Å²) < 4.78 is 0. The molecule has 0 aliphatic heterocycles. The molecule has 18 heavy (non-hydrogen) atoms. The Morgan fingerprint density at radius 3 is 1.39 bits per heavy atom. The van der Waals surface area contributed by atoms with Crippen LogP contribution in [0.25, 0.3) is 0 Å². The van der Waals surface area contributed by atoms with Crippen LogP contribution in [0.1, 0.15) is 87.0 Å². The van der Waals surface area contributed by atoms with Crippen molar-refractivity contribution < 1.29 is 0 Å². The molecule has 0 nitrogen and oxygen atoms in total. The zero-order valence-electron chi connectivity index (χ0n) is 14.2. The quantitative estimate of drug-likeness (QED) is 0.323. The predicted octanol–water partition coefficient (Wildman–Crippen LogP) is 6.32. The van der Waals surface area contributed by atoms with Crippen LogP contribution in [-0.2, 0) is 0 Å². The van der Waals surface area contributed by atoms with Gasteiger partial charge >= 0.3 is 117 Å². The molecule has 0 spiro atoms. The van der Waals surface area contributed by atoms with E-state index in [9.17, 15) is 0 Å². The van der Waals surface area contributed by atoms with Crippen molar-refractivity contribution in [3.63, 3.8) is 0 Å². The van der Waals surface area contributed by atoms with Gasteiger partial charge in [0.2, 0.25) is 0 Å². The second-order valence-corrected chi connectivity index (χ2v) is 13.3. The summed E-state index contributed by atoms with van der Waals surface area (Å²) in [5.74, 6) is 0. The van der Waals surface area contributed by atoms with Gasteiger partial charge in [-0.3, -0.25) is 0 Å². The zero-order valence-corrected chi connectivity index (χ0v) is 15.2. The molecule has 0 atom stereocenters. The molecule has 0 rings (SSSR count). The van der Waals surface area contributed by atoms with Crippen molar-refractivity contribution in [1.29, 1.82) is 0 Å². The Kier molecular flexibility index (Phi) is 9.58. The first kappa shape index (κ1) is 18.4. The van der Waals surface area contributed by atoms with Crippen molar-refractivity contribution in [2.24, 2.45) is 0 Å². The van der Waals surface area contributed by atoms with Gasteiger partial charge in [0.1, 0.15) is 0 Å². The molecular weight excluding hydrogens is 235 g/mol. The van der Waals surface area contributed by atoms with Gasteiger partial charge in [-0.15, -0.1) is 0 Å². The number of hydrogen-bond acceptors (Lipinski definition) is 0. The topological polar surface area (TPSA) is 0 Å². The number of rotatable bonds is 10. The van der Waals surface area contributed by atoms with Crippen LogP contribution in [0.15, 0.2) is 0 Å². The molecule has 0 radical (unpaired) electrons. The fourth-order valence-electron chi connectivity index (χ4n) is 4.08. The van der Waals surface area contributed by atoms with Crippen LogP contribution < -0.4 is 0 Å². The molecule has 0 aromatic rings. The van der Waals surface area contributed by atoms with Gasteiger partial charge in [-0.1, -0.05) is 0 Å². The second kappa shape index (κ2) is 9.35. The van der Waals surface area contributed by atoms with Gasteiger partial charge in [-0.2, -0.15) is 0 Å². The van der Waals surface area contributed by atoms with E-state index in [1.165, 1.54) is 38.5 Å². The molecule has 0 heterocycles. The molecule has 0 unspecified atom stereocenters. The summed E-state index contributed by atoms with van der Waals surface area (Å²) in [7, 11) is -1.10. The molecule has 0 aromatic carbocycles. The Hall–Kier alpha value is 0.430. The Bertz CT molecular complexity index is 172. The maximum absolute atomic E-state index is 2.49. The molecule has 1 heteroatoms. The second-order valence-electron chi connectivity index (χ2n) is 7.09. The van der Waals surface area contributed by atoms with Crippen LogP contribution in [0.4, 0.5) is 0 Å². The Balaban J connectivity index is 4.26. The average Bonchev–Trinajstić information content (AvgIpc) is 2.26. The summed E-state index contributed by atoms with van der Waals surface area (Å²) >= 11 is 0. The van der Waals surface area contributed by atoms with Crippen LogP contribution in [0.2, 0.25) is 0 Å². The Morgan fingerprint density at radius 2 is 1.00 bits per heavy atom. The van der Waals surface area contributed by atoms with Crippen molar-refractivity contribution in [3.8, 4) is 0 Å². The van der Waals surface area contributed by atoms with E-state index in [4.69, 9.17) is 0 Å². The first-order valence-corrected chi connectivity index (χ1v) is 10.8. The van der Waals surface area contributed by atoms with E-state index < -0.39 is 7.26 Å². The molecule has 0 aliphatic carbocycles. The third kappa shape index (κ3) is 5.20. The summed E-state index contributed by atoms with van der Waals surface area (Å²) in [5.41, 5.74) is 2.81. The van der Waals surface area contributed by atoms with Crippen LogP contribution in [0.5, 0.6) is 0 Å². The molecule has 0 N–H and O–H groups in total. The predicted molar refractivity (Wildman–Crippen MR) is 92.0 cm³/mol. The van der Waals surface area contributed by atoms with Gasteiger partial charge in [0, 0.05) is 0 Å². The van der Waals surface area contributed by atoms with E-state index in [0.717, 1.165) is 17.0 Å². The normalized spacial score (nSPS) is 13.9. The van der Waals surface area contributed by atoms with Crippen molar-refractivity contribution in [3.05, 3.63) is 0 Å². The maximum atomic E-state index is 2.49. The van der Waals surface area contributed by atoms with E-state index in [0.29, 0.717) is 0 Å². The van der Waals surface area contributed by atoms with E-state index in [1.54, 1.807) is 6.16 Å². The summed E-state index contributed by atoms with van der Waals surface area (Å²) in [4.78, 5) is 0. The minimum atomic E-state index is -1.10.